The Kier molecular flexibility index (Phi) is 4.33. The summed E-state index contributed by atoms with van der Waals surface area (Å²) in [6, 6.07) is 23.6. The van der Waals surface area contributed by atoms with Crippen molar-refractivity contribution in [1.82, 2.24) is 5.43 Å². The number of hydrogen-bond acceptors (Lipinski definition) is 4. The fourth-order valence-electron chi connectivity index (χ4n) is 3.59. The van der Waals surface area contributed by atoms with Crippen molar-refractivity contribution in [2.45, 2.75) is 0 Å². The molecule has 29 heavy (non-hydrogen) atoms. The third-order valence-electron chi connectivity index (χ3n) is 4.98. The molecule has 5 rings (SSSR count). The molecule has 0 saturated carbocycles. The summed E-state index contributed by atoms with van der Waals surface area (Å²) in [5.41, 5.74) is 4.06. The van der Waals surface area contributed by atoms with Gasteiger partial charge < -0.3 is 9.47 Å². The standard InChI is InChI=1S/C24H18N2O3/c27-24(18-9-10-22-23(14-18)29-12-11-28-22)26-25-15-21-19-7-3-1-5-16(19)13-17-6-2-4-8-20(17)21/h1-10,13-15H,11-12H2,(H,26,27)/b25-15-. The number of carbonyl (C=O) groups is 1. The first kappa shape index (κ1) is 17.3. The van der Waals surface area contributed by atoms with Gasteiger partial charge in [-0.2, -0.15) is 5.10 Å². The van der Waals surface area contributed by atoms with E-state index in [-0.39, 0.29) is 5.91 Å². The number of amides is 1. The molecular weight excluding hydrogens is 364 g/mol. The molecule has 0 aromatic heterocycles. The van der Waals surface area contributed by atoms with Gasteiger partial charge in [0.05, 0.1) is 6.21 Å². The molecule has 0 bridgehead atoms. The SMILES string of the molecule is O=C(N/N=C\c1c2ccccc2cc2ccccc12)c1ccc2c(c1)OCCO2. The van der Waals surface area contributed by atoms with Gasteiger partial charge in [0.15, 0.2) is 11.5 Å². The van der Waals surface area contributed by atoms with Gasteiger partial charge in [0.2, 0.25) is 0 Å². The summed E-state index contributed by atoms with van der Waals surface area (Å²) in [5, 5.41) is 8.67. The quantitative estimate of drug-likeness (QED) is 0.322. The second kappa shape index (κ2) is 7.28. The Labute approximate surface area is 167 Å². The summed E-state index contributed by atoms with van der Waals surface area (Å²) in [6.45, 7) is 0.992. The Balaban J connectivity index is 1.45. The zero-order valence-electron chi connectivity index (χ0n) is 15.6. The molecule has 1 amide bonds. The van der Waals surface area contributed by atoms with Crippen LogP contribution in [0.15, 0.2) is 77.9 Å². The Hall–Kier alpha value is -3.86. The highest BCUT2D eigenvalue weighted by molar-refractivity contribution is 6.13. The number of rotatable bonds is 3. The first-order valence-electron chi connectivity index (χ1n) is 9.43. The highest BCUT2D eigenvalue weighted by atomic mass is 16.6. The van der Waals surface area contributed by atoms with E-state index in [4.69, 9.17) is 9.47 Å². The highest BCUT2D eigenvalue weighted by Crippen LogP contribution is 2.31. The van der Waals surface area contributed by atoms with Crippen molar-refractivity contribution >= 4 is 33.7 Å². The highest BCUT2D eigenvalue weighted by Gasteiger charge is 2.14. The van der Waals surface area contributed by atoms with Crippen molar-refractivity contribution in [3.8, 4) is 11.5 Å². The van der Waals surface area contributed by atoms with Gasteiger partial charge in [-0.1, -0.05) is 48.5 Å². The Bertz CT molecular complexity index is 1210. The average molecular weight is 382 g/mol. The summed E-state index contributed by atoms with van der Waals surface area (Å²) in [4.78, 5) is 12.5. The van der Waals surface area contributed by atoms with Crippen LogP contribution in [0.5, 0.6) is 11.5 Å². The van der Waals surface area contributed by atoms with E-state index in [1.165, 1.54) is 0 Å². The number of fused-ring (bicyclic) bond motifs is 3. The summed E-state index contributed by atoms with van der Waals surface area (Å²) in [5.74, 6) is 0.925. The molecule has 4 aromatic rings. The third-order valence-corrected chi connectivity index (χ3v) is 4.98. The maximum atomic E-state index is 12.5. The maximum absolute atomic E-state index is 12.5. The summed E-state index contributed by atoms with van der Waals surface area (Å²) in [7, 11) is 0. The first-order valence-corrected chi connectivity index (χ1v) is 9.43. The van der Waals surface area contributed by atoms with Crippen molar-refractivity contribution < 1.29 is 14.3 Å². The summed E-state index contributed by atoms with van der Waals surface area (Å²) >= 11 is 0. The van der Waals surface area contributed by atoms with Crippen LogP contribution in [0.2, 0.25) is 0 Å². The first-order chi connectivity index (χ1) is 14.3. The fourth-order valence-corrected chi connectivity index (χ4v) is 3.59. The number of carbonyl (C=O) groups excluding carboxylic acids is 1. The summed E-state index contributed by atoms with van der Waals surface area (Å²) < 4.78 is 11.0. The van der Waals surface area contributed by atoms with Crippen LogP contribution in [0, 0.1) is 0 Å². The normalized spacial score (nSPS) is 13.1. The molecule has 0 atom stereocenters. The molecule has 0 fully saturated rings. The molecule has 1 N–H and O–H groups in total. The molecule has 1 aliphatic rings. The van der Waals surface area contributed by atoms with Crippen LogP contribution in [-0.4, -0.2) is 25.3 Å². The van der Waals surface area contributed by atoms with Gasteiger partial charge >= 0.3 is 0 Å². The van der Waals surface area contributed by atoms with Gasteiger partial charge in [-0.15, -0.1) is 0 Å². The number of nitrogens with zero attached hydrogens (tertiary/aromatic N) is 1. The van der Waals surface area contributed by atoms with Gasteiger partial charge in [-0.3, -0.25) is 4.79 Å². The van der Waals surface area contributed by atoms with E-state index < -0.39 is 0 Å². The lowest BCUT2D eigenvalue weighted by molar-refractivity contribution is 0.0954. The van der Waals surface area contributed by atoms with Crippen LogP contribution in [0.4, 0.5) is 0 Å². The fraction of sp³-hybridized carbons (Fsp3) is 0.0833. The van der Waals surface area contributed by atoms with Crippen molar-refractivity contribution in [3.63, 3.8) is 0 Å². The lowest BCUT2D eigenvalue weighted by atomic mass is 9.97. The minimum atomic E-state index is -0.303. The monoisotopic (exact) mass is 382 g/mol. The number of nitrogens with one attached hydrogen (secondary N) is 1. The molecule has 142 valence electrons. The predicted molar refractivity (Wildman–Crippen MR) is 114 cm³/mol. The molecule has 0 spiro atoms. The zero-order chi connectivity index (χ0) is 19.6. The average Bonchev–Trinajstić information content (AvgIpc) is 2.78. The molecule has 0 radical (unpaired) electrons. The van der Waals surface area contributed by atoms with E-state index in [0.29, 0.717) is 30.3 Å². The van der Waals surface area contributed by atoms with Gasteiger partial charge in [-0.25, -0.2) is 5.43 Å². The van der Waals surface area contributed by atoms with E-state index in [0.717, 1.165) is 27.1 Å². The largest absolute Gasteiger partial charge is 0.486 e. The van der Waals surface area contributed by atoms with Gasteiger partial charge in [0, 0.05) is 11.1 Å². The van der Waals surface area contributed by atoms with Crippen molar-refractivity contribution in [2.24, 2.45) is 5.10 Å². The Morgan fingerprint density at radius 3 is 2.21 bits per heavy atom. The second-order valence-corrected chi connectivity index (χ2v) is 6.79. The number of hydrogen-bond donors (Lipinski definition) is 1. The van der Waals surface area contributed by atoms with E-state index in [2.05, 4.69) is 40.9 Å². The number of hydrazone groups is 1. The lowest BCUT2D eigenvalue weighted by Gasteiger charge is -2.18. The maximum Gasteiger partial charge on any atom is 0.271 e. The van der Waals surface area contributed by atoms with Gasteiger partial charge in [0.25, 0.3) is 5.91 Å². The lowest BCUT2D eigenvalue weighted by Crippen LogP contribution is -2.19. The Morgan fingerprint density at radius 1 is 0.828 bits per heavy atom. The molecule has 5 nitrogen and oxygen atoms in total. The molecular formula is C24H18N2O3. The smallest absolute Gasteiger partial charge is 0.271 e. The zero-order valence-corrected chi connectivity index (χ0v) is 15.6. The van der Waals surface area contributed by atoms with Crippen molar-refractivity contribution in [3.05, 3.63) is 83.9 Å². The second-order valence-electron chi connectivity index (χ2n) is 6.79. The van der Waals surface area contributed by atoms with Crippen LogP contribution in [0.1, 0.15) is 15.9 Å². The van der Waals surface area contributed by atoms with Gasteiger partial charge in [-0.05, 0) is 45.8 Å². The van der Waals surface area contributed by atoms with E-state index in [1.807, 2.05) is 24.3 Å². The van der Waals surface area contributed by atoms with E-state index in [1.54, 1.807) is 24.4 Å². The molecule has 0 unspecified atom stereocenters. The number of benzene rings is 4. The molecule has 0 saturated heterocycles. The van der Waals surface area contributed by atoms with Crippen LogP contribution in [-0.2, 0) is 0 Å². The molecule has 4 aromatic carbocycles. The van der Waals surface area contributed by atoms with E-state index >= 15 is 0 Å². The summed E-state index contributed by atoms with van der Waals surface area (Å²) in [6.07, 6.45) is 1.71. The molecule has 5 heteroatoms. The predicted octanol–water partition coefficient (Wildman–Crippen LogP) is 4.53. The van der Waals surface area contributed by atoms with Crippen LogP contribution in [0.25, 0.3) is 21.5 Å². The third kappa shape index (κ3) is 3.27. The van der Waals surface area contributed by atoms with Gasteiger partial charge in [0.1, 0.15) is 13.2 Å². The van der Waals surface area contributed by atoms with Crippen LogP contribution in [0.3, 0.4) is 0 Å². The van der Waals surface area contributed by atoms with Crippen molar-refractivity contribution in [1.29, 1.82) is 0 Å². The minimum absolute atomic E-state index is 0.303. The molecule has 1 heterocycles. The van der Waals surface area contributed by atoms with Crippen molar-refractivity contribution in [2.75, 3.05) is 13.2 Å². The molecule has 0 aliphatic carbocycles. The van der Waals surface area contributed by atoms with E-state index in [9.17, 15) is 4.79 Å². The van der Waals surface area contributed by atoms with Crippen LogP contribution >= 0.6 is 0 Å². The minimum Gasteiger partial charge on any atom is -0.486 e. The topological polar surface area (TPSA) is 59.9 Å². The molecule has 1 aliphatic heterocycles. The Morgan fingerprint density at radius 2 is 1.48 bits per heavy atom. The number of ether oxygens (including phenoxy) is 2. The van der Waals surface area contributed by atoms with Crippen LogP contribution < -0.4 is 14.9 Å².